The van der Waals surface area contributed by atoms with Gasteiger partial charge in [-0.15, -0.1) is 11.6 Å². The van der Waals surface area contributed by atoms with Gasteiger partial charge in [0.05, 0.1) is 5.88 Å². The Morgan fingerprint density at radius 1 is 1.41 bits per heavy atom. The molecule has 1 unspecified atom stereocenters. The van der Waals surface area contributed by atoms with Crippen molar-refractivity contribution in [2.75, 3.05) is 5.88 Å². The van der Waals surface area contributed by atoms with Gasteiger partial charge >= 0.3 is 5.97 Å². The van der Waals surface area contributed by atoms with Gasteiger partial charge in [-0.2, -0.15) is 0 Å². The molecule has 0 aromatic heterocycles. The molecule has 0 fully saturated rings. The fraction of sp³-hybridized carbons (Fsp3) is 0.273. The highest BCUT2D eigenvalue weighted by molar-refractivity contribution is 6.27. The van der Waals surface area contributed by atoms with Crippen LogP contribution in [0.4, 0.5) is 4.39 Å². The SMILES string of the molecule is O=C(CCl)Cc1ccc(C(O)C(=O)O)c(F)c1. The van der Waals surface area contributed by atoms with Crippen LogP contribution in [0.2, 0.25) is 0 Å². The summed E-state index contributed by atoms with van der Waals surface area (Å²) in [5.74, 6) is -2.83. The van der Waals surface area contributed by atoms with Crippen LogP contribution in [0, 0.1) is 5.82 Å². The van der Waals surface area contributed by atoms with Gasteiger partial charge in [0.25, 0.3) is 0 Å². The van der Waals surface area contributed by atoms with Crippen molar-refractivity contribution in [2.24, 2.45) is 0 Å². The number of aliphatic carboxylic acids is 1. The van der Waals surface area contributed by atoms with E-state index in [1.165, 1.54) is 6.07 Å². The number of aliphatic hydroxyl groups is 1. The fourth-order valence-electron chi connectivity index (χ4n) is 1.31. The van der Waals surface area contributed by atoms with Crippen LogP contribution in [-0.4, -0.2) is 27.8 Å². The Morgan fingerprint density at radius 3 is 2.53 bits per heavy atom. The van der Waals surface area contributed by atoms with E-state index in [0.717, 1.165) is 12.1 Å². The van der Waals surface area contributed by atoms with E-state index >= 15 is 0 Å². The molecule has 1 atom stereocenters. The maximum Gasteiger partial charge on any atom is 0.337 e. The second-order valence-corrected chi connectivity index (χ2v) is 3.71. The highest BCUT2D eigenvalue weighted by Gasteiger charge is 2.20. The number of carboxylic acid groups (broad SMARTS) is 1. The highest BCUT2D eigenvalue weighted by atomic mass is 35.5. The summed E-state index contributed by atoms with van der Waals surface area (Å²) in [6.45, 7) is 0. The normalized spacial score (nSPS) is 12.2. The third-order valence-electron chi connectivity index (χ3n) is 2.14. The van der Waals surface area contributed by atoms with Gasteiger partial charge < -0.3 is 10.2 Å². The van der Waals surface area contributed by atoms with Crippen LogP contribution in [0.1, 0.15) is 17.2 Å². The first-order chi connectivity index (χ1) is 7.95. The van der Waals surface area contributed by atoms with E-state index in [9.17, 15) is 14.0 Å². The van der Waals surface area contributed by atoms with Crippen molar-refractivity contribution < 1.29 is 24.2 Å². The Balaban J connectivity index is 2.94. The van der Waals surface area contributed by atoms with E-state index in [-0.39, 0.29) is 23.6 Å². The van der Waals surface area contributed by atoms with E-state index in [1.54, 1.807) is 0 Å². The van der Waals surface area contributed by atoms with Crippen molar-refractivity contribution in [2.45, 2.75) is 12.5 Å². The summed E-state index contributed by atoms with van der Waals surface area (Å²) in [4.78, 5) is 21.5. The Kier molecular flexibility index (Phi) is 4.60. The first-order valence-electron chi connectivity index (χ1n) is 4.72. The molecule has 17 heavy (non-hydrogen) atoms. The molecular weight excluding hydrogens is 251 g/mol. The van der Waals surface area contributed by atoms with Crippen molar-refractivity contribution in [3.8, 4) is 0 Å². The monoisotopic (exact) mass is 260 g/mol. The van der Waals surface area contributed by atoms with E-state index in [2.05, 4.69) is 0 Å². The predicted octanol–water partition coefficient (Wildman–Crippen LogP) is 1.29. The summed E-state index contributed by atoms with van der Waals surface area (Å²) < 4.78 is 13.4. The first kappa shape index (κ1) is 13.6. The summed E-state index contributed by atoms with van der Waals surface area (Å²) in [5, 5.41) is 17.7. The standard InChI is InChI=1S/C11H10ClFO4/c12-5-7(14)3-6-1-2-8(9(13)4-6)10(15)11(16)17/h1-2,4,10,15H,3,5H2,(H,16,17). The van der Waals surface area contributed by atoms with E-state index < -0.39 is 17.9 Å². The maximum atomic E-state index is 13.4. The summed E-state index contributed by atoms with van der Waals surface area (Å²) in [5.41, 5.74) is 0.0501. The minimum absolute atomic E-state index is 0.0239. The van der Waals surface area contributed by atoms with Gasteiger partial charge in [-0.25, -0.2) is 9.18 Å². The van der Waals surface area contributed by atoms with Gasteiger partial charge in [0.1, 0.15) is 5.82 Å². The molecule has 0 aliphatic carbocycles. The van der Waals surface area contributed by atoms with Crippen molar-refractivity contribution in [3.63, 3.8) is 0 Å². The molecule has 2 N–H and O–H groups in total. The fourth-order valence-corrected chi connectivity index (χ4v) is 1.40. The topological polar surface area (TPSA) is 74.6 Å². The minimum Gasteiger partial charge on any atom is -0.479 e. The van der Waals surface area contributed by atoms with Crippen LogP contribution < -0.4 is 0 Å². The number of ketones is 1. The molecule has 0 aliphatic rings. The summed E-state index contributed by atoms with van der Waals surface area (Å²) in [6.07, 6.45) is -1.93. The van der Waals surface area contributed by atoms with Crippen LogP contribution in [0.15, 0.2) is 18.2 Å². The molecule has 6 heteroatoms. The molecule has 0 aliphatic heterocycles. The number of carboxylic acids is 1. The van der Waals surface area contributed by atoms with Crippen LogP contribution in [0.25, 0.3) is 0 Å². The van der Waals surface area contributed by atoms with Crippen LogP contribution in [0.3, 0.4) is 0 Å². The molecule has 1 rings (SSSR count). The van der Waals surface area contributed by atoms with Crippen molar-refractivity contribution in [3.05, 3.63) is 35.1 Å². The Labute approximate surface area is 102 Å². The smallest absolute Gasteiger partial charge is 0.337 e. The van der Waals surface area contributed by atoms with Crippen LogP contribution in [0.5, 0.6) is 0 Å². The van der Waals surface area contributed by atoms with E-state index in [4.69, 9.17) is 21.8 Å². The van der Waals surface area contributed by atoms with Gasteiger partial charge in [0.15, 0.2) is 11.9 Å². The number of carbonyl (C=O) groups excluding carboxylic acids is 1. The molecule has 0 spiro atoms. The average molecular weight is 261 g/mol. The number of hydrogen-bond acceptors (Lipinski definition) is 3. The number of aliphatic hydroxyl groups excluding tert-OH is 1. The molecule has 0 saturated heterocycles. The van der Waals surface area contributed by atoms with Crippen LogP contribution in [-0.2, 0) is 16.0 Å². The molecule has 0 radical (unpaired) electrons. The maximum absolute atomic E-state index is 13.4. The van der Waals surface area contributed by atoms with Gasteiger partial charge in [-0.1, -0.05) is 12.1 Å². The molecular formula is C11H10ClFO4. The highest BCUT2D eigenvalue weighted by Crippen LogP contribution is 2.19. The summed E-state index contributed by atoms with van der Waals surface area (Å²) >= 11 is 5.30. The average Bonchev–Trinajstić information content (AvgIpc) is 2.28. The van der Waals surface area contributed by atoms with Crippen molar-refractivity contribution >= 4 is 23.4 Å². The number of benzene rings is 1. The number of Topliss-reactive ketones (excluding diaryl/α,β-unsaturated/α-hetero) is 1. The molecule has 0 amide bonds. The molecule has 1 aromatic rings. The number of hydrogen-bond donors (Lipinski definition) is 2. The van der Waals surface area contributed by atoms with Gasteiger partial charge in [0, 0.05) is 12.0 Å². The van der Waals surface area contributed by atoms with E-state index in [1.807, 2.05) is 0 Å². The minimum atomic E-state index is -1.91. The molecule has 4 nitrogen and oxygen atoms in total. The largest absolute Gasteiger partial charge is 0.479 e. The predicted molar refractivity (Wildman–Crippen MR) is 58.4 cm³/mol. The molecule has 0 heterocycles. The lowest BCUT2D eigenvalue weighted by Gasteiger charge is -2.08. The summed E-state index contributed by atoms with van der Waals surface area (Å²) in [7, 11) is 0. The lowest BCUT2D eigenvalue weighted by atomic mass is 10.0. The first-order valence-corrected chi connectivity index (χ1v) is 5.26. The number of carbonyl (C=O) groups is 2. The zero-order chi connectivity index (χ0) is 13.0. The van der Waals surface area contributed by atoms with Crippen molar-refractivity contribution in [1.82, 2.24) is 0 Å². The Morgan fingerprint density at radius 2 is 2.06 bits per heavy atom. The third-order valence-corrected chi connectivity index (χ3v) is 2.44. The molecule has 0 saturated carbocycles. The quantitative estimate of drug-likeness (QED) is 0.783. The second kappa shape index (κ2) is 5.75. The lowest BCUT2D eigenvalue weighted by Crippen LogP contribution is -2.13. The number of rotatable bonds is 5. The Bertz CT molecular complexity index is 447. The molecule has 1 aromatic carbocycles. The number of halogens is 2. The number of alkyl halides is 1. The third kappa shape index (κ3) is 3.51. The summed E-state index contributed by atoms with van der Waals surface area (Å²) in [6, 6.07) is 3.55. The van der Waals surface area contributed by atoms with Crippen LogP contribution >= 0.6 is 11.6 Å². The zero-order valence-electron chi connectivity index (χ0n) is 8.69. The lowest BCUT2D eigenvalue weighted by molar-refractivity contribution is -0.147. The van der Waals surface area contributed by atoms with Gasteiger partial charge in [-0.3, -0.25) is 4.79 Å². The molecule has 0 bridgehead atoms. The van der Waals surface area contributed by atoms with Gasteiger partial charge in [0.2, 0.25) is 0 Å². The molecule has 92 valence electrons. The van der Waals surface area contributed by atoms with Gasteiger partial charge in [-0.05, 0) is 11.6 Å². The Hall–Kier alpha value is -1.46. The van der Waals surface area contributed by atoms with E-state index in [0.29, 0.717) is 5.56 Å². The second-order valence-electron chi connectivity index (χ2n) is 3.45. The van der Waals surface area contributed by atoms with Crippen molar-refractivity contribution in [1.29, 1.82) is 0 Å². The zero-order valence-corrected chi connectivity index (χ0v) is 9.45.